The summed E-state index contributed by atoms with van der Waals surface area (Å²) in [5, 5.41) is 0. The van der Waals surface area contributed by atoms with Crippen LogP contribution in [0, 0.1) is 11.8 Å². The highest BCUT2D eigenvalue weighted by atomic mass is 16.2. The van der Waals surface area contributed by atoms with Crippen molar-refractivity contribution in [1.82, 2.24) is 19.6 Å². The summed E-state index contributed by atoms with van der Waals surface area (Å²) >= 11 is 0. The Kier molecular flexibility index (Phi) is 8.56. The fourth-order valence-corrected chi connectivity index (χ4v) is 5.53. The number of hydrogen-bond donors (Lipinski definition) is 1. The van der Waals surface area contributed by atoms with Crippen LogP contribution >= 0.6 is 0 Å². The third-order valence-corrected chi connectivity index (χ3v) is 7.68. The van der Waals surface area contributed by atoms with E-state index in [4.69, 9.17) is 5.73 Å². The number of nitrogens with zero attached hydrogens (tertiary/aromatic N) is 4. The van der Waals surface area contributed by atoms with Crippen LogP contribution in [0.4, 0.5) is 0 Å². The summed E-state index contributed by atoms with van der Waals surface area (Å²) in [4.78, 5) is 60.5. The first-order chi connectivity index (χ1) is 17.8. The van der Waals surface area contributed by atoms with E-state index in [0.29, 0.717) is 48.3 Å². The second-order valence-corrected chi connectivity index (χ2v) is 10.4. The number of hydrogen-bond acceptors (Lipinski definition) is 7. The van der Waals surface area contributed by atoms with E-state index in [1.165, 1.54) is 9.80 Å². The Morgan fingerprint density at radius 3 is 1.76 bits per heavy atom. The highest BCUT2D eigenvalue weighted by Gasteiger charge is 2.49. The highest BCUT2D eigenvalue weighted by Crippen LogP contribution is 2.46. The number of carbonyl (C=O) groups is 4. The molecule has 0 saturated heterocycles. The minimum atomic E-state index is -0.660. The van der Waals surface area contributed by atoms with Gasteiger partial charge in [0.2, 0.25) is 11.8 Å². The molecule has 0 saturated carbocycles. The van der Waals surface area contributed by atoms with Gasteiger partial charge < -0.3 is 15.5 Å². The molecule has 0 aromatic heterocycles. The first kappa shape index (κ1) is 27.2. The van der Waals surface area contributed by atoms with Crippen molar-refractivity contribution >= 4 is 23.6 Å². The van der Waals surface area contributed by atoms with Crippen LogP contribution in [0.1, 0.15) is 32.6 Å². The fraction of sp³-hybridized carbons (Fsp3) is 0.571. The molecule has 0 aromatic carbocycles. The fourth-order valence-electron chi connectivity index (χ4n) is 5.53. The van der Waals surface area contributed by atoms with Gasteiger partial charge in [0, 0.05) is 30.8 Å². The van der Waals surface area contributed by atoms with Gasteiger partial charge in [-0.05, 0) is 70.7 Å². The molecule has 4 amide bonds. The molecule has 2 N–H and O–H groups in total. The molecule has 2 aliphatic carbocycles. The van der Waals surface area contributed by atoms with Crippen LogP contribution in [0.3, 0.4) is 0 Å². The average molecular weight is 510 g/mol. The molecule has 4 rings (SSSR count). The normalized spacial score (nSPS) is 22.9. The third kappa shape index (κ3) is 5.26. The summed E-state index contributed by atoms with van der Waals surface area (Å²) in [6.07, 6.45) is 10.6. The number of imide groups is 2. The van der Waals surface area contributed by atoms with Gasteiger partial charge in [0.1, 0.15) is 0 Å². The first-order valence-corrected chi connectivity index (χ1v) is 13.4. The molecule has 0 aromatic rings. The molecule has 9 nitrogen and oxygen atoms in total. The Labute approximate surface area is 219 Å². The largest absolute Gasteiger partial charge is 0.330 e. The Morgan fingerprint density at radius 1 is 0.730 bits per heavy atom. The molecule has 9 heteroatoms. The number of likely N-dealkylation sites (N-methyl/N-ethyl adjacent to an activating group) is 1. The maximum absolute atomic E-state index is 13.4. The van der Waals surface area contributed by atoms with Crippen molar-refractivity contribution in [2.75, 3.05) is 59.9 Å². The Balaban J connectivity index is 1.53. The van der Waals surface area contributed by atoms with Crippen molar-refractivity contribution in [3.05, 3.63) is 46.6 Å². The molecule has 0 radical (unpaired) electrons. The maximum Gasteiger partial charge on any atom is 0.260 e. The lowest BCUT2D eigenvalue weighted by Crippen LogP contribution is -2.53. The van der Waals surface area contributed by atoms with Crippen LogP contribution in [0.2, 0.25) is 0 Å². The number of carbonyl (C=O) groups excluding carboxylic acids is 4. The molecular formula is C28H39N5O4. The van der Waals surface area contributed by atoms with Gasteiger partial charge >= 0.3 is 0 Å². The Bertz CT molecular complexity index is 1090. The van der Waals surface area contributed by atoms with Gasteiger partial charge in [0.15, 0.2) is 0 Å². The van der Waals surface area contributed by atoms with Gasteiger partial charge in [-0.25, -0.2) is 0 Å². The zero-order valence-electron chi connectivity index (χ0n) is 22.2. The average Bonchev–Trinajstić information content (AvgIpc) is 2.89. The molecule has 4 aliphatic rings. The number of amides is 4. The van der Waals surface area contributed by atoms with E-state index in [9.17, 15) is 19.2 Å². The number of nitrogens with two attached hydrogens (primary N) is 1. The van der Waals surface area contributed by atoms with Crippen molar-refractivity contribution in [1.29, 1.82) is 0 Å². The predicted molar refractivity (Wildman–Crippen MR) is 141 cm³/mol. The van der Waals surface area contributed by atoms with Crippen molar-refractivity contribution in [2.45, 2.75) is 32.6 Å². The minimum Gasteiger partial charge on any atom is -0.330 e. The first-order valence-electron chi connectivity index (χ1n) is 13.4. The summed E-state index contributed by atoms with van der Waals surface area (Å²) in [6, 6.07) is 0. The monoisotopic (exact) mass is 509 g/mol. The SMILES string of the molecule is CCCCN(C)CCCN1C(=O)C2=C3C4=C(C=CC3C1=O)C(=O)N(CCN(C)CCCN)C(=O)C4C=C2. The van der Waals surface area contributed by atoms with Gasteiger partial charge in [-0.1, -0.05) is 37.6 Å². The van der Waals surface area contributed by atoms with E-state index in [1.54, 1.807) is 24.3 Å². The van der Waals surface area contributed by atoms with E-state index in [0.717, 1.165) is 38.9 Å². The predicted octanol–water partition coefficient (Wildman–Crippen LogP) is 1.09. The summed E-state index contributed by atoms with van der Waals surface area (Å²) in [7, 11) is 3.99. The molecular weight excluding hydrogens is 470 g/mol. The lowest BCUT2D eigenvalue weighted by atomic mass is 9.69. The van der Waals surface area contributed by atoms with Crippen molar-refractivity contribution in [2.24, 2.45) is 17.6 Å². The molecule has 37 heavy (non-hydrogen) atoms. The minimum absolute atomic E-state index is 0.277. The number of rotatable bonds is 13. The van der Waals surface area contributed by atoms with Crippen molar-refractivity contribution in [3.8, 4) is 0 Å². The lowest BCUT2D eigenvalue weighted by molar-refractivity contribution is -0.148. The summed E-state index contributed by atoms with van der Waals surface area (Å²) < 4.78 is 0. The van der Waals surface area contributed by atoms with Crippen molar-refractivity contribution < 1.29 is 19.2 Å². The lowest BCUT2D eigenvalue weighted by Gasteiger charge is -2.42. The van der Waals surface area contributed by atoms with Gasteiger partial charge in [0.25, 0.3) is 11.8 Å². The van der Waals surface area contributed by atoms with Crippen LogP contribution in [-0.4, -0.2) is 103 Å². The molecule has 2 atom stereocenters. The standard InChI is InChI=1S/C28H39N5O4/c1-4-5-13-30(2)15-7-16-32-25(34)19-8-10-21-24-22(11-9-20(23(19)24)26(32)35)28(37)33(27(21)36)18-17-31(3)14-6-12-29/h8-11,19,22H,4-7,12-18,29H2,1-3H3. The molecule has 200 valence electrons. The third-order valence-electron chi connectivity index (χ3n) is 7.68. The zero-order chi connectivity index (χ0) is 26.7. The highest BCUT2D eigenvalue weighted by molar-refractivity contribution is 6.18. The summed E-state index contributed by atoms with van der Waals surface area (Å²) in [6.45, 7) is 6.50. The van der Waals surface area contributed by atoms with Gasteiger partial charge in [-0.2, -0.15) is 0 Å². The second-order valence-electron chi connectivity index (χ2n) is 10.4. The van der Waals surface area contributed by atoms with Crippen LogP contribution in [0.5, 0.6) is 0 Å². The van der Waals surface area contributed by atoms with E-state index in [1.807, 2.05) is 7.05 Å². The molecule has 2 heterocycles. The van der Waals surface area contributed by atoms with Gasteiger partial charge in [0.05, 0.1) is 11.8 Å². The van der Waals surface area contributed by atoms with E-state index < -0.39 is 11.8 Å². The second kappa shape index (κ2) is 11.7. The molecule has 0 spiro atoms. The maximum atomic E-state index is 13.4. The quantitative estimate of drug-likeness (QED) is 0.371. The van der Waals surface area contributed by atoms with Crippen LogP contribution in [0.25, 0.3) is 0 Å². The van der Waals surface area contributed by atoms with E-state index >= 15 is 0 Å². The van der Waals surface area contributed by atoms with Gasteiger partial charge in [-0.3, -0.25) is 29.0 Å². The van der Waals surface area contributed by atoms with Crippen molar-refractivity contribution in [3.63, 3.8) is 0 Å². The van der Waals surface area contributed by atoms with Crippen LogP contribution in [0.15, 0.2) is 46.6 Å². The van der Waals surface area contributed by atoms with E-state index in [2.05, 4.69) is 23.8 Å². The smallest absolute Gasteiger partial charge is 0.260 e. The Hall–Kier alpha value is -2.88. The number of unbranched alkanes of at least 4 members (excludes halogenated alkanes) is 1. The molecule has 2 unspecified atom stereocenters. The van der Waals surface area contributed by atoms with Gasteiger partial charge in [-0.15, -0.1) is 0 Å². The Morgan fingerprint density at radius 2 is 1.22 bits per heavy atom. The topological polar surface area (TPSA) is 107 Å². The summed E-state index contributed by atoms with van der Waals surface area (Å²) in [5.41, 5.74) is 7.49. The molecule has 0 bridgehead atoms. The van der Waals surface area contributed by atoms with E-state index in [-0.39, 0.29) is 30.2 Å². The summed E-state index contributed by atoms with van der Waals surface area (Å²) in [5.74, 6) is -2.59. The van der Waals surface area contributed by atoms with Crippen LogP contribution in [-0.2, 0) is 19.2 Å². The molecule has 2 aliphatic heterocycles. The molecule has 0 fully saturated rings. The zero-order valence-corrected chi connectivity index (χ0v) is 22.2. The van der Waals surface area contributed by atoms with Crippen LogP contribution < -0.4 is 5.73 Å².